The molecule has 1 spiro atoms. The van der Waals surface area contributed by atoms with Gasteiger partial charge in [-0.2, -0.15) is 0 Å². The molecule has 0 bridgehead atoms. The van der Waals surface area contributed by atoms with Gasteiger partial charge in [0.05, 0.1) is 11.9 Å². The van der Waals surface area contributed by atoms with Crippen LogP contribution in [0.5, 0.6) is 0 Å². The molecule has 9 heteroatoms. The number of fused-ring (bicyclic) bond motifs is 1. The molecule has 2 atom stereocenters. The van der Waals surface area contributed by atoms with Crippen molar-refractivity contribution in [2.24, 2.45) is 0 Å². The van der Waals surface area contributed by atoms with Crippen LogP contribution in [0.2, 0.25) is 0 Å². The lowest BCUT2D eigenvalue weighted by molar-refractivity contribution is -0.142. The highest BCUT2D eigenvalue weighted by Crippen LogP contribution is 2.44. The van der Waals surface area contributed by atoms with Crippen molar-refractivity contribution >= 4 is 11.8 Å². The molecule has 0 unspecified atom stereocenters. The summed E-state index contributed by atoms with van der Waals surface area (Å²) in [6, 6.07) is 1.18. The van der Waals surface area contributed by atoms with E-state index in [2.05, 4.69) is 16.5 Å². The third-order valence-corrected chi connectivity index (χ3v) is 6.26. The summed E-state index contributed by atoms with van der Waals surface area (Å²) in [5.41, 5.74) is -0.252. The Balaban J connectivity index is 1.44. The smallest absolute Gasteiger partial charge is 0.272 e. The van der Waals surface area contributed by atoms with Gasteiger partial charge in [0.2, 0.25) is 0 Å². The second kappa shape index (κ2) is 8.54. The van der Waals surface area contributed by atoms with E-state index in [0.717, 1.165) is 13.0 Å². The number of carbonyl (C=O) groups is 2. The summed E-state index contributed by atoms with van der Waals surface area (Å²) in [6.07, 6.45) is 5.08. The number of halogens is 2. The lowest BCUT2D eigenvalue weighted by Gasteiger charge is -2.37. The Morgan fingerprint density at radius 2 is 2.00 bits per heavy atom. The zero-order chi connectivity index (χ0) is 23.0. The molecule has 32 heavy (non-hydrogen) atoms. The molecule has 0 radical (unpaired) electrons. The maximum absolute atomic E-state index is 13.9. The van der Waals surface area contributed by atoms with Crippen LogP contribution >= 0.6 is 0 Å². The van der Waals surface area contributed by atoms with Gasteiger partial charge in [-0.25, -0.2) is 18.7 Å². The van der Waals surface area contributed by atoms with E-state index in [1.807, 2.05) is 0 Å². The van der Waals surface area contributed by atoms with E-state index in [9.17, 15) is 18.4 Å². The SMILES string of the molecule is C=C(/C=C(F)\C=C(/C)F)[C@@H]1CC[C@H]2OC3(CCN(C(=O)c4ccnc(C)n4)CC3)C(=O)N21. The average Bonchev–Trinajstić information content (AvgIpc) is 3.26. The minimum absolute atomic E-state index is 0.151. The number of aryl methyl sites for hydroxylation is 1. The Labute approximate surface area is 185 Å². The van der Waals surface area contributed by atoms with Gasteiger partial charge in [0, 0.05) is 38.2 Å². The highest BCUT2D eigenvalue weighted by Gasteiger charge is 2.58. The Kier molecular flexibility index (Phi) is 5.94. The Bertz CT molecular complexity index is 1010. The van der Waals surface area contributed by atoms with Gasteiger partial charge in [-0.15, -0.1) is 0 Å². The maximum atomic E-state index is 13.9. The summed E-state index contributed by atoms with van der Waals surface area (Å²) in [7, 11) is 0. The minimum atomic E-state index is -0.986. The van der Waals surface area contributed by atoms with Gasteiger partial charge < -0.3 is 14.5 Å². The van der Waals surface area contributed by atoms with Gasteiger partial charge in [0.1, 0.15) is 23.6 Å². The fourth-order valence-electron chi connectivity index (χ4n) is 4.72. The minimum Gasteiger partial charge on any atom is -0.342 e. The van der Waals surface area contributed by atoms with Crippen LogP contribution in [-0.2, 0) is 9.53 Å². The molecule has 3 fully saturated rings. The molecule has 3 aliphatic rings. The van der Waals surface area contributed by atoms with Gasteiger partial charge in [-0.1, -0.05) is 6.58 Å². The molecule has 7 nitrogen and oxygen atoms in total. The number of hydrogen-bond acceptors (Lipinski definition) is 5. The zero-order valence-electron chi connectivity index (χ0n) is 18.2. The molecule has 4 rings (SSSR count). The summed E-state index contributed by atoms with van der Waals surface area (Å²) in [5.74, 6) is -1.21. The topological polar surface area (TPSA) is 75.6 Å². The van der Waals surface area contributed by atoms with Gasteiger partial charge in [0.25, 0.3) is 11.8 Å². The standard InChI is InChI=1S/C23H26F2N4O3/c1-14(12-17(25)13-15(2)24)19-4-5-20-29(19)22(31)23(32-20)7-10-28(11-8-23)21(30)18-6-9-26-16(3)27-18/h6,9,12-13,19-20H,1,4-5,7-8,10-11H2,2-3H3/b15-13+,17-12+/t19-,20+/m0/s1. The number of rotatable bonds is 4. The molecule has 3 aliphatic heterocycles. The Morgan fingerprint density at radius 3 is 2.66 bits per heavy atom. The lowest BCUT2D eigenvalue weighted by atomic mass is 9.89. The summed E-state index contributed by atoms with van der Waals surface area (Å²) < 4.78 is 33.1. The number of ether oxygens (including phenoxy) is 1. The third-order valence-electron chi connectivity index (χ3n) is 6.26. The van der Waals surface area contributed by atoms with Crippen molar-refractivity contribution in [1.82, 2.24) is 19.8 Å². The van der Waals surface area contributed by atoms with Crippen LogP contribution in [0.1, 0.15) is 48.9 Å². The predicted octanol–water partition coefficient (Wildman–Crippen LogP) is 3.39. The Hall–Kier alpha value is -2.94. The quantitative estimate of drug-likeness (QED) is 0.666. The van der Waals surface area contributed by atoms with E-state index in [1.165, 1.54) is 6.08 Å². The van der Waals surface area contributed by atoms with E-state index in [1.54, 1.807) is 29.0 Å². The molecular weight excluding hydrogens is 418 g/mol. The first-order valence-electron chi connectivity index (χ1n) is 10.7. The molecule has 0 N–H and O–H groups in total. The summed E-state index contributed by atoms with van der Waals surface area (Å²) in [4.78, 5) is 37.7. The normalized spacial score (nSPS) is 25.4. The van der Waals surface area contributed by atoms with Crippen LogP contribution in [0.3, 0.4) is 0 Å². The molecular formula is C23H26F2N4O3. The number of hydrogen-bond donors (Lipinski definition) is 0. The van der Waals surface area contributed by atoms with Crippen molar-refractivity contribution in [1.29, 1.82) is 0 Å². The van der Waals surface area contributed by atoms with Crippen molar-refractivity contribution in [2.45, 2.75) is 57.4 Å². The average molecular weight is 444 g/mol. The number of nitrogens with zero attached hydrogens (tertiary/aromatic N) is 4. The molecule has 4 heterocycles. The summed E-state index contributed by atoms with van der Waals surface area (Å²) >= 11 is 0. The monoisotopic (exact) mass is 444 g/mol. The van der Waals surface area contributed by atoms with E-state index >= 15 is 0 Å². The molecule has 0 aliphatic carbocycles. The lowest BCUT2D eigenvalue weighted by Crippen LogP contribution is -2.52. The summed E-state index contributed by atoms with van der Waals surface area (Å²) in [6.45, 7) is 7.53. The number of aromatic nitrogens is 2. The Morgan fingerprint density at radius 1 is 1.28 bits per heavy atom. The highest BCUT2D eigenvalue weighted by molar-refractivity contribution is 5.93. The largest absolute Gasteiger partial charge is 0.342 e. The predicted molar refractivity (Wildman–Crippen MR) is 113 cm³/mol. The van der Waals surface area contributed by atoms with Crippen molar-refractivity contribution < 1.29 is 23.1 Å². The van der Waals surface area contributed by atoms with Gasteiger partial charge in [-0.05, 0) is 44.4 Å². The van der Waals surface area contributed by atoms with E-state index in [4.69, 9.17) is 4.74 Å². The molecule has 1 aromatic heterocycles. The molecule has 2 amide bonds. The number of likely N-dealkylation sites (tertiary alicyclic amines) is 1. The van der Waals surface area contributed by atoms with Crippen molar-refractivity contribution in [2.75, 3.05) is 13.1 Å². The summed E-state index contributed by atoms with van der Waals surface area (Å²) in [5, 5.41) is 0. The van der Waals surface area contributed by atoms with E-state index in [-0.39, 0.29) is 11.8 Å². The van der Waals surface area contributed by atoms with Crippen LogP contribution in [0, 0.1) is 6.92 Å². The zero-order valence-corrected chi connectivity index (χ0v) is 18.2. The maximum Gasteiger partial charge on any atom is 0.272 e. The van der Waals surface area contributed by atoms with Gasteiger partial charge in [-0.3, -0.25) is 9.59 Å². The molecule has 170 valence electrons. The number of amides is 2. The number of carbonyl (C=O) groups excluding carboxylic acids is 2. The van der Waals surface area contributed by atoms with Gasteiger partial charge >= 0.3 is 0 Å². The van der Waals surface area contributed by atoms with Crippen molar-refractivity contribution in [3.05, 3.63) is 59.7 Å². The number of piperidine rings is 1. The number of allylic oxidation sites excluding steroid dienone is 3. The van der Waals surface area contributed by atoms with Crippen molar-refractivity contribution in [3.63, 3.8) is 0 Å². The first-order chi connectivity index (χ1) is 15.2. The first kappa shape index (κ1) is 22.3. The van der Waals surface area contributed by atoms with E-state index < -0.39 is 29.5 Å². The molecule has 0 saturated carbocycles. The van der Waals surface area contributed by atoms with E-state index in [0.29, 0.717) is 55.9 Å². The van der Waals surface area contributed by atoms with Crippen LogP contribution in [0.4, 0.5) is 8.78 Å². The molecule has 0 aromatic carbocycles. The second-order valence-electron chi connectivity index (χ2n) is 8.49. The van der Waals surface area contributed by atoms with Crippen LogP contribution < -0.4 is 0 Å². The first-order valence-corrected chi connectivity index (χ1v) is 10.7. The van der Waals surface area contributed by atoms with Crippen LogP contribution in [-0.4, -0.2) is 62.5 Å². The molecule has 3 saturated heterocycles. The van der Waals surface area contributed by atoms with Crippen LogP contribution in [0.15, 0.2) is 48.2 Å². The highest BCUT2D eigenvalue weighted by atomic mass is 19.1. The van der Waals surface area contributed by atoms with Gasteiger partial charge in [0.15, 0.2) is 5.60 Å². The van der Waals surface area contributed by atoms with Crippen molar-refractivity contribution in [3.8, 4) is 0 Å². The van der Waals surface area contributed by atoms with Crippen LogP contribution in [0.25, 0.3) is 0 Å². The second-order valence-corrected chi connectivity index (χ2v) is 8.49. The fourth-order valence-corrected chi connectivity index (χ4v) is 4.72. The third kappa shape index (κ3) is 4.09. The fraction of sp³-hybridized carbons (Fsp3) is 0.478. The molecule has 1 aromatic rings.